The molecule has 0 spiro atoms. The van der Waals surface area contributed by atoms with Gasteiger partial charge in [0.15, 0.2) is 5.82 Å². The van der Waals surface area contributed by atoms with Crippen LogP contribution in [0.1, 0.15) is 30.4 Å². The molecule has 4 aromatic rings. The first-order valence-electron chi connectivity index (χ1n) is 14.1. The highest BCUT2D eigenvalue weighted by molar-refractivity contribution is 6.31. The smallest absolute Gasteiger partial charge is 0.372 e. The highest BCUT2D eigenvalue weighted by Crippen LogP contribution is 2.32. The lowest BCUT2D eigenvalue weighted by Crippen LogP contribution is -2.37. The lowest BCUT2D eigenvalue weighted by molar-refractivity contribution is -0.149. The largest absolute Gasteiger partial charge is 0.403 e. The first kappa shape index (κ1) is 33.8. The number of benzene rings is 2. The average Bonchev–Trinajstić information content (AvgIpc) is 3.42. The van der Waals surface area contributed by atoms with Gasteiger partial charge >= 0.3 is 11.9 Å². The van der Waals surface area contributed by atoms with Gasteiger partial charge in [0.1, 0.15) is 24.2 Å². The van der Waals surface area contributed by atoms with Crippen LogP contribution < -0.4 is 22.1 Å². The summed E-state index contributed by atoms with van der Waals surface area (Å²) in [6.45, 7) is 3.90. The monoisotopic (exact) mass is 649 g/mol. The van der Waals surface area contributed by atoms with E-state index in [9.17, 15) is 22.4 Å². The molecule has 2 aromatic carbocycles. The topological polar surface area (TPSA) is 125 Å². The summed E-state index contributed by atoms with van der Waals surface area (Å²) < 4.78 is 67.1. The van der Waals surface area contributed by atoms with E-state index in [1.54, 1.807) is 30.5 Å². The zero-order valence-electron chi connectivity index (χ0n) is 24.2. The molecule has 0 aliphatic heterocycles. The zero-order valence-corrected chi connectivity index (χ0v) is 24.9. The van der Waals surface area contributed by atoms with Crippen LogP contribution in [0.4, 0.5) is 22.0 Å². The van der Waals surface area contributed by atoms with Crippen LogP contribution in [-0.2, 0) is 13.0 Å². The molecule has 2 atom stereocenters. The summed E-state index contributed by atoms with van der Waals surface area (Å²) in [6.07, 6.45) is -0.495. The van der Waals surface area contributed by atoms with E-state index in [4.69, 9.17) is 22.7 Å². The lowest BCUT2D eigenvalue weighted by atomic mass is 10.0. The Morgan fingerprint density at radius 1 is 1.18 bits per heavy atom. The van der Waals surface area contributed by atoms with E-state index >= 15 is 4.39 Å². The van der Waals surface area contributed by atoms with E-state index < -0.39 is 30.4 Å². The molecule has 0 aliphatic rings. The van der Waals surface area contributed by atoms with Crippen molar-refractivity contribution in [2.24, 2.45) is 5.73 Å². The SMILES string of the molecule is C=C[C@@H](CCNC(=N)CF)NCc1ccc(-n2cc3cc(-c4cc(CCC[C@@H](N)C(F)(F)F)cc(Cl)c4F)[nH]c3nc2=O)cc1. The quantitative estimate of drug-likeness (QED) is 0.0499. The Labute approximate surface area is 261 Å². The Balaban J connectivity index is 1.48. The Bertz CT molecular complexity index is 1700. The fourth-order valence-corrected chi connectivity index (χ4v) is 4.99. The number of nitrogens with zero attached hydrogens (tertiary/aromatic N) is 2. The number of nitrogens with one attached hydrogen (secondary N) is 4. The van der Waals surface area contributed by atoms with Gasteiger partial charge in [-0.1, -0.05) is 29.8 Å². The predicted octanol–water partition coefficient (Wildman–Crippen LogP) is 5.96. The molecule has 240 valence electrons. The highest BCUT2D eigenvalue weighted by atomic mass is 35.5. The van der Waals surface area contributed by atoms with Crippen LogP contribution in [0.15, 0.2) is 66.1 Å². The van der Waals surface area contributed by atoms with Gasteiger partial charge in [-0.3, -0.25) is 9.98 Å². The minimum Gasteiger partial charge on any atom is -0.372 e. The summed E-state index contributed by atoms with van der Waals surface area (Å²) in [6, 6.07) is 9.73. The molecule has 14 heteroatoms. The molecule has 0 saturated heterocycles. The molecular formula is C31H33ClF5N7O. The van der Waals surface area contributed by atoms with Crippen molar-refractivity contribution in [3.63, 3.8) is 0 Å². The molecule has 8 nitrogen and oxygen atoms in total. The number of aromatic nitrogens is 3. The molecule has 0 fully saturated rings. The Morgan fingerprint density at radius 2 is 1.91 bits per heavy atom. The number of hydrogen-bond donors (Lipinski definition) is 5. The molecule has 0 aliphatic carbocycles. The fourth-order valence-electron chi connectivity index (χ4n) is 4.75. The number of rotatable bonds is 14. The molecule has 45 heavy (non-hydrogen) atoms. The predicted molar refractivity (Wildman–Crippen MR) is 166 cm³/mol. The average molecular weight is 650 g/mol. The third-order valence-electron chi connectivity index (χ3n) is 7.28. The molecule has 0 unspecified atom stereocenters. The van der Waals surface area contributed by atoms with Crippen LogP contribution in [0.2, 0.25) is 5.02 Å². The van der Waals surface area contributed by atoms with Gasteiger partial charge in [0.05, 0.1) is 16.4 Å². The number of H-pyrrole nitrogens is 1. The summed E-state index contributed by atoms with van der Waals surface area (Å²) in [4.78, 5) is 19.9. The van der Waals surface area contributed by atoms with Crippen LogP contribution in [0.25, 0.3) is 28.0 Å². The van der Waals surface area contributed by atoms with E-state index in [-0.39, 0.29) is 47.4 Å². The van der Waals surface area contributed by atoms with Gasteiger partial charge in [-0.05, 0) is 67.1 Å². The van der Waals surface area contributed by atoms with Gasteiger partial charge in [0.2, 0.25) is 0 Å². The van der Waals surface area contributed by atoms with E-state index in [1.807, 2.05) is 12.1 Å². The summed E-state index contributed by atoms with van der Waals surface area (Å²) in [5, 5.41) is 13.7. The second-order valence-corrected chi connectivity index (χ2v) is 11.0. The maximum Gasteiger partial charge on any atom is 0.403 e. The molecule has 0 bridgehead atoms. The summed E-state index contributed by atoms with van der Waals surface area (Å²) in [7, 11) is 0. The molecule has 6 N–H and O–H groups in total. The first-order valence-corrected chi connectivity index (χ1v) is 14.5. The van der Waals surface area contributed by atoms with Crippen LogP contribution >= 0.6 is 11.6 Å². The van der Waals surface area contributed by atoms with Gasteiger partial charge in [0, 0.05) is 36.3 Å². The van der Waals surface area contributed by atoms with Crippen LogP contribution in [0.3, 0.4) is 0 Å². The molecule has 0 amide bonds. The third-order valence-corrected chi connectivity index (χ3v) is 7.56. The van der Waals surface area contributed by atoms with Crippen molar-refractivity contribution in [1.82, 2.24) is 25.2 Å². The minimum atomic E-state index is -4.49. The van der Waals surface area contributed by atoms with Gasteiger partial charge in [-0.2, -0.15) is 18.2 Å². The fraction of sp³-hybridized carbons (Fsp3) is 0.323. The second-order valence-electron chi connectivity index (χ2n) is 10.6. The van der Waals surface area contributed by atoms with Gasteiger partial charge in [0.25, 0.3) is 0 Å². The molecule has 0 radical (unpaired) electrons. The minimum absolute atomic E-state index is 0.0605. The summed E-state index contributed by atoms with van der Waals surface area (Å²) in [5.74, 6) is -0.882. The Hall–Kier alpha value is -4.07. The van der Waals surface area contributed by atoms with E-state index in [2.05, 4.69) is 27.2 Å². The molecule has 4 rings (SSSR count). The van der Waals surface area contributed by atoms with Crippen molar-refractivity contribution < 1.29 is 22.0 Å². The number of aromatic amines is 1. The Kier molecular flexibility index (Phi) is 11.1. The maximum atomic E-state index is 15.1. The zero-order chi connectivity index (χ0) is 32.7. The first-order chi connectivity index (χ1) is 21.4. The number of fused-ring (bicyclic) bond motifs is 1. The van der Waals surface area contributed by atoms with Crippen LogP contribution in [-0.4, -0.2) is 51.9 Å². The highest BCUT2D eigenvalue weighted by Gasteiger charge is 2.35. The van der Waals surface area contributed by atoms with E-state index in [1.165, 1.54) is 16.7 Å². The molecule has 2 aromatic heterocycles. The lowest BCUT2D eigenvalue weighted by Gasteiger charge is -2.16. The van der Waals surface area contributed by atoms with Gasteiger partial charge in [-0.15, -0.1) is 6.58 Å². The number of amidine groups is 1. The summed E-state index contributed by atoms with van der Waals surface area (Å²) >= 11 is 6.12. The van der Waals surface area contributed by atoms with E-state index in [0.29, 0.717) is 41.8 Å². The van der Waals surface area contributed by atoms with E-state index in [0.717, 1.165) is 5.56 Å². The van der Waals surface area contributed by atoms with Crippen molar-refractivity contribution >= 4 is 28.5 Å². The standard InChI is InChI=1S/C31H33ClF5N7O/c1-2-21(10-11-40-27(39)15-33)41-16-18-6-8-22(9-7-18)44-17-20-14-25(42-29(20)43-30(44)45)23-12-19(13-24(32)28(23)34)4-3-5-26(38)31(35,36)37/h2,6-9,12-14,17,21,26,41H,1,3-5,10-11,15-16,38H2,(H2,39,40)(H,42,43,45)/t21-,26+/m0/s1. The number of aryl methyl sites for hydroxylation is 1. The number of alkyl halides is 4. The summed E-state index contributed by atoms with van der Waals surface area (Å²) in [5.41, 5.74) is 7.30. The van der Waals surface area contributed by atoms with Crippen molar-refractivity contribution in [3.05, 3.63) is 93.8 Å². The molecular weight excluding hydrogens is 617 g/mol. The third kappa shape index (κ3) is 8.77. The van der Waals surface area contributed by atoms with Crippen LogP contribution in [0.5, 0.6) is 0 Å². The van der Waals surface area contributed by atoms with Crippen molar-refractivity contribution in [1.29, 1.82) is 5.41 Å². The van der Waals surface area contributed by atoms with Gasteiger partial charge in [-0.25, -0.2) is 13.6 Å². The molecule has 2 heterocycles. The molecule has 0 saturated carbocycles. The van der Waals surface area contributed by atoms with Crippen molar-refractivity contribution in [2.75, 3.05) is 13.2 Å². The van der Waals surface area contributed by atoms with Crippen molar-refractivity contribution in [2.45, 2.75) is 50.5 Å². The maximum absolute atomic E-state index is 15.1. The van der Waals surface area contributed by atoms with Crippen molar-refractivity contribution in [3.8, 4) is 16.9 Å². The number of halogens is 6. The van der Waals surface area contributed by atoms with Crippen LogP contribution in [0, 0.1) is 11.2 Å². The van der Waals surface area contributed by atoms with Gasteiger partial charge < -0.3 is 21.4 Å². The Morgan fingerprint density at radius 3 is 2.58 bits per heavy atom. The number of hydrogen-bond acceptors (Lipinski definition) is 5. The second kappa shape index (κ2) is 14.8. The number of nitrogens with two attached hydrogens (primary N) is 1. The normalized spacial score (nSPS) is 13.1.